The molecule has 0 unspecified atom stereocenters. The molecule has 0 amide bonds. The fourth-order valence-corrected chi connectivity index (χ4v) is 2.86. The van der Waals surface area contributed by atoms with Gasteiger partial charge in [-0.3, -0.25) is 0 Å². The second-order valence-electron chi connectivity index (χ2n) is 4.76. The number of methoxy groups -OCH3 is 2. The standard InChI is InChI=1S/C14H21NO2/c1-16-11-5-6-13(17-2)12(9-11)14(10-15)7-3-4-8-14/h5-6,9H,3-4,7-8,10,15H2,1-2H3. The van der Waals surface area contributed by atoms with Crippen molar-refractivity contribution in [3.8, 4) is 11.5 Å². The van der Waals surface area contributed by atoms with Gasteiger partial charge in [-0.1, -0.05) is 12.8 Å². The molecule has 0 bridgehead atoms. The van der Waals surface area contributed by atoms with Crippen LogP contribution < -0.4 is 15.2 Å². The molecule has 94 valence electrons. The molecule has 2 rings (SSSR count). The van der Waals surface area contributed by atoms with Crippen LogP contribution in [0.3, 0.4) is 0 Å². The van der Waals surface area contributed by atoms with Crippen LogP contribution in [0.1, 0.15) is 31.2 Å². The molecule has 3 nitrogen and oxygen atoms in total. The molecule has 1 aliphatic rings. The molecular weight excluding hydrogens is 214 g/mol. The number of hydrogen-bond acceptors (Lipinski definition) is 3. The van der Waals surface area contributed by atoms with Crippen LogP contribution in [-0.2, 0) is 5.41 Å². The van der Waals surface area contributed by atoms with E-state index in [1.165, 1.54) is 18.4 Å². The molecule has 1 aliphatic carbocycles. The summed E-state index contributed by atoms with van der Waals surface area (Å²) in [6.07, 6.45) is 4.79. The van der Waals surface area contributed by atoms with E-state index >= 15 is 0 Å². The summed E-state index contributed by atoms with van der Waals surface area (Å²) in [5, 5.41) is 0. The molecule has 0 atom stereocenters. The fourth-order valence-electron chi connectivity index (χ4n) is 2.86. The van der Waals surface area contributed by atoms with E-state index in [0.29, 0.717) is 6.54 Å². The Bertz CT molecular complexity index is 384. The van der Waals surface area contributed by atoms with Crippen molar-refractivity contribution < 1.29 is 9.47 Å². The van der Waals surface area contributed by atoms with Crippen molar-refractivity contribution in [2.45, 2.75) is 31.1 Å². The summed E-state index contributed by atoms with van der Waals surface area (Å²) in [4.78, 5) is 0. The molecule has 0 heterocycles. The van der Waals surface area contributed by atoms with Crippen molar-refractivity contribution >= 4 is 0 Å². The second kappa shape index (κ2) is 4.96. The van der Waals surface area contributed by atoms with Gasteiger partial charge >= 0.3 is 0 Å². The second-order valence-corrected chi connectivity index (χ2v) is 4.76. The van der Waals surface area contributed by atoms with Gasteiger partial charge in [-0.15, -0.1) is 0 Å². The first kappa shape index (κ1) is 12.2. The van der Waals surface area contributed by atoms with E-state index in [1.54, 1.807) is 14.2 Å². The van der Waals surface area contributed by atoms with Crippen LogP contribution in [0.5, 0.6) is 11.5 Å². The molecule has 1 fully saturated rings. The van der Waals surface area contributed by atoms with Gasteiger partial charge in [0.1, 0.15) is 11.5 Å². The highest BCUT2D eigenvalue weighted by atomic mass is 16.5. The average molecular weight is 235 g/mol. The molecule has 1 aromatic rings. The lowest BCUT2D eigenvalue weighted by Crippen LogP contribution is -2.32. The third-order valence-corrected chi connectivity index (χ3v) is 3.93. The molecule has 0 aromatic heterocycles. The summed E-state index contributed by atoms with van der Waals surface area (Å²) < 4.78 is 10.8. The van der Waals surface area contributed by atoms with Gasteiger partial charge < -0.3 is 15.2 Å². The molecule has 0 saturated heterocycles. The smallest absolute Gasteiger partial charge is 0.122 e. The van der Waals surface area contributed by atoms with Crippen LogP contribution in [0, 0.1) is 0 Å². The van der Waals surface area contributed by atoms with E-state index in [9.17, 15) is 0 Å². The maximum atomic E-state index is 6.02. The minimum atomic E-state index is 0.0832. The Labute approximate surface area is 103 Å². The van der Waals surface area contributed by atoms with Crippen LogP contribution in [-0.4, -0.2) is 20.8 Å². The maximum absolute atomic E-state index is 6.02. The van der Waals surface area contributed by atoms with Gasteiger partial charge in [0, 0.05) is 17.5 Å². The van der Waals surface area contributed by atoms with Crippen LogP contribution in [0.25, 0.3) is 0 Å². The Morgan fingerprint density at radius 3 is 2.41 bits per heavy atom. The van der Waals surface area contributed by atoms with Gasteiger partial charge in [0.2, 0.25) is 0 Å². The van der Waals surface area contributed by atoms with Gasteiger partial charge in [0.05, 0.1) is 14.2 Å². The largest absolute Gasteiger partial charge is 0.497 e. The lowest BCUT2D eigenvalue weighted by molar-refractivity contribution is 0.370. The molecule has 17 heavy (non-hydrogen) atoms. The maximum Gasteiger partial charge on any atom is 0.122 e. The zero-order valence-corrected chi connectivity index (χ0v) is 10.7. The Morgan fingerprint density at radius 1 is 1.18 bits per heavy atom. The summed E-state index contributed by atoms with van der Waals surface area (Å²) >= 11 is 0. The Hall–Kier alpha value is -1.22. The highest BCUT2D eigenvalue weighted by Gasteiger charge is 2.36. The van der Waals surface area contributed by atoms with Crippen LogP contribution in [0.15, 0.2) is 18.2 Å². The summed E-state index contributed by atoms with van der Waals surface area (Å²) in [7, 11) is 3.40. The molecule has 3 heteroatoms. The number of benzene rings is 1. The van der Waals surface area contributed by atoms with Gasteiger partial charge in [-0.2, -0.15) is 0 Å². The van der Waals surface area contributed by atoms with Gasteiger partial charge in [0.25, 0.3) is 0 Å². The normalized spacial score (nSPS) is 18.1. The Balaban J connectivity index is 2.46. The first-order valence-corrected chi connectivity index (χ1v) is 6.18. The average Bonchev–Trinajstić information content (AvgIpc) is 2.88. The third kappa shape index (κ3) is 2.12. The SMILES string of the molecule is COc1ccc(OC)c(C2(CN)CCCC2)c1. The van der Waals surface area contributed by atoms with E-state index in [4.69, 9.17) is 15.2 Å². The number of ether oxygens (including phenoxy) is 2. The lowest BCUT2D eigenvalue weighted by atomic mass is 9.78. The molecule has 0 spiro atoms. The third-order valence-electron chi connectivity index (χ3n) is 3.93. The van der Waals surface area contributed by atoms with Crippen molar-refractivity contribution in [3.63, 3.8) is 0 Å². The van der Waals surface area contributed by atoms with E-state index in [0.717, 1.165) is 24.3 Å². The minimum Gasteiger partial charge on any atom is -0.497 e. The minimum absolute atomic E-state index is 0.0832. The first-order valence-electron chi connectivity index (χ1n) is 6.18. The Kier molecular flexibility index (Phi) is 3.57. The highest BCUT2D eigenvalue weighted by Crippen LogP contribution is 2.45. The van der Waals surface area contributed by atoms with E-state index < -0.39 is 0 Å². The lowest BCUT2D eigenvalue weighted by Gasteiger charge is -2.29. The van der Waals surface area contributed by atoms with Crippen molar-refractivity contribution in [2.75, 3.05) is 20.8 Å². The molecule has 1 aromatic carbocycles. The van der Waals surface area contributed by atoms with Gasteiger partial charge in [-0.25, -0.2) is 0 Å². The van der Waals surface area contributed by atoms with Gasteiger partial charge in [-0.05, 0) is 31.0 Å². The first-order chi connectivity index (χ1) is 8.25. The van der Waals surface area contributed by atoms with E-state index in [-0.39, 0.29) is 5.41 Å². The van der Waals surface area contributed by atoms with Crippen LogP contribution in [0.4, 0.5) is 0 Å². The number of nitrogens with two attached hydrogens (primary N) is 1. The predicted octanol–water partition coefficient (Wildman–Crippen LogP) is 2.47. The number of hydrogen-bond donors (Lipinski definition) is 1. The molecular formula is C14H21NO2. The van der Waals surface area contributed by atoms with Crippen molar-refractivity contribution in [3.05, 3.63) is 23.8 Å². The van der Waals surface area contributed by atoms with E-state index in [1.807, 2.05) is 12.1 Å². The molecule has 0 radical (unpaired) electrons. The topological polar surface area (TPSA) is 44.5 Å². The molecule has 1 saturated carbocycles. The Morgan fingerprint density at radius 2 is 1.88 bits per heavy atom. The van der Waals surface area contributed by atoms with Crippen molar-refractivity contribution in [1.82, 2.24) is 0 Å². The van der Waals surface area contributed by atoms with Crippen molar-refractivity contribution in [2.24, 2.45) is 5.73 Å². The number of rotatable bonds is 4. The summed E-state index contributed by atoms with van der Waals surface area (Å²) in [6.45, 7) is 0.677. The predicted molar refractivity (Wildman–Crippen MR) is 68.7 cm³/mol. The molecule has 2 N–H and O–H groups in total. The van der Waals surface area contributed by atoms with Crippen LogP contribution >= 0.6 is 0 Å². The monoisotopic (exact) mass is 235 g/mol. The zero-order chi connectivity index (χ0) is 12.3. The van der Waals surface area contributed by atoms with Crippen molar-refractivity contribution in [1.29, 1.82) is 0 Å². The zero-order valence-electron chi connectivity index (χ0n) is 10.7. The highest BCUT2D eigenvalue weighted by molar-refractivity contribution is 5.45. The molecule has 0 aliphatic heterocycles. The van der Waals surface area contributed by atoms with E-state index in [2.05, 4.69) is 6.07 Å². The van der Waals surface area contributed by atoms with Gasteiger partial charge in [0.15, 0.2) is 0 Å². The summed E-state index contributed by atoms with van der Waals surface area (Å²) in [5.41, 5.74) is 7.31. The fraction of sp³-hybridized carbons (Fsp3) is 0.571. The summed E-state index contributed by atoms with van der Waals surface area (Å²) in [6, 6.07) is 5.99. The summed E-state index contributed by atoms with van der Waals surface area (Å²) in [5.74, 6) is 1.80. The quantitative estimate of drug-likeness (QED) is 0.872. The van der Waals surface area contributed by atoms with Crippen LogP contribution in [0.2, 0.25) is 0 Å².